The highest BCUT2D eigenvalue weighted by molar-refractivity contribution is 6.19. The van der Waals surface area contributed by atoms with Crippen LogP contribution in [0.1, 0.15) is 22.3 Å². The molecule has 0 aromatic heterocycles. The van der Waals surface area contributed by atoms with Gasteiger partial charge in [-0.15, -0.1) is 0 Å². The normalized spacial score (nSPS) is 19.1. The first-order valence-corrected chi connectivity index (χ1v) is 14.7. The molecule has 0 saturated heterocycles. The molecule has 0 N–H and O–H groups in total. The van der Waals surface area contributed by atoms with Crippen molar-refractivity contribution in [3.05, 3.63) is 107 Å². The van der Waals surface area contributed by atoms with Gasteiger partial charge in [-0.2, -0.15) is 0 Å². The van der Waals surface area contributed by atoms with Crippen LogP contribution >= 0.6 is 0 Å². The third-order valence-electron chi connectivity index (χ3n) is 7.85. The van der Waals surface area contributed by atoms with E-state index in [-0.39, 0.29) is 0 Å². The number of benzene rings is 4. The van der Waals surface area contributed by atoms with E-state index in [2.05, 4.69) is 84.9 Å². The number of fused-ring (bicyclic) bond motifs is 8. The third kappa shape index (κ3) is 5.35. The van der Waals surface area contributed by atoms with Crippen molar-refractivity contribution in [3.8, 4) is 33.8 Å². The number of rotatable bonds is 0. The van der Waals surface area contributed by atoms with Gasteiger partial charge < -0.3 is 28.4 Å². The highest BCUT2D eigenvalue weighted by Crippen LogP contribution is 2.55. The van der Waals surface area contributed by atoms with Gasteiger partial charge in [0.1, 0.15) is 24.7 Å². The molecule has 0 fully saturated rings. The summed E-state index contributed by atoms with van der Waals surface area (Å²) in [6.07, 6.45) is 0. The number of ether oxygens (including phenoxy) is 6. The van der Waals surface area contributed by atoms with Crippen molar-refractivity contribution in [3.63, 3.8) is 0 Å². The van der Waals surface area contributed by atoms with Crippen LogP contribution in [0.5, 0.6) is 11.5 Å². The summed E-state index contributed by atoms with van der Waals surface area (Å²) in [6, 6.07) is 30.2. The second-order valence-corrected chi connectivity index (χ2v) is 10.4. The first kappa shape index (κ1) is 26.9. The molecule has 1 aliphatic heterocycles. The van der Waals surface area contributed by atoms with E-state index in [4.69, 9.17) is 28.4 Å². The van der Waals surface area contributed by atoms with Crippen molar-refractivity contribution < 1.29 is 28.4 Å². The second-order valence-electron chi connectivity index (χ2n) is 10.4. The SMILES string of the molecule is c1ccc2c(c1)/C1=C3\c4ccccc4-c4ccc(cc43)OCCOCCOCCOCCOCCOc3ccc-2c1c3. The summed E-state index contributed by atoms with van der Waals surface area (Å²) in [6.45, 7) is 5.05. The van der Waals surface area contributed by atoms with Crippen molar-refractivity contribution in [2.45, 2.75) is 0 Å². The van der Waals surface area contributed by atoms with E-state index in [9.17, 15) is 0 Å². The summed E-state index contributed by atoms with van der Waals surface area (Å²) in [7, 11) is 0. The summed E-state index contributed by atoms with van der Waals surface area (Å²) >= 11 is 0. The van der Waals surface area contributed by atoms with Gasteiger partial charge in [0.05, 0.1) is 52.9 Å². The maximum atomic E-state index is 6.17. The zero-order valence-electron chi connectivity index (χ0n) is 23.6. The van der Waals surface area contributed by atoms with Crippen molar-refractivity contribution in [1.82, 2.24) is 0 Å². The van der Waals surface area contributed by atoms with E-state index >= 15 is 0 Å². The summed E-state index contributed by atoms with van der Waals surface area (Å²) < 4.78 is 35.0. The van der Waals surface area contributed by atoms with Gasteiger partial charge in [0.2, 0.25) is 0 Å². The molecule has 42 heavy (non-hydrogen) atoms. The van der Waals surface area contributed by atoms with Gasteiger partial charge in [0.15, 0.2) is 0 Å². The molecular weight excluding hydrogens is 528 g/mol. The minimum atomic E-state index is 0.465. The standard InChI is InChI=1S/C36H34O6/c1-3-7-31-27(5-1)29-11-9-25-23-33(29)35(31)36-32-8-4-2-6-28(32)30-12-10-26(24-34(30)36)42-22-20-40-18-16-38-14-13-37-15-17-39-19-21-41-25/h1-12,23-24H,13-22H2/b36-35-. The highest BCUT2D eigenvalue weighted by atomic mass is 16.6. The first-order valence-electron chi connectivity index (χ1n) is 14.7. The van der Waals surface area contributed by atoms with Crippen LogP contribution in [0, 0.1) is 0 Å². The van der Waals surface area contributed by atoms with Crippen LogP contribution in [0.3, 0.4) is 0 Å². The zero-order valence-corrected chi connectivity index (χ0v) is 23.6. The Balaban J connectivity index is 1.30. The molecule has 0 radical (unpaired) electrons. The average molecular weight is 563 g/mol. The Morgan fingerprint density at radius 1 is 0.310 bits per heavy atom. The fourth-order valence-electron chi connectivity index (χ4n) is 6.01. The Kier molecular flexibility index (Phi) is 8.02. The molecule has 3 aliphatic rings. The van der Waals surface area contributed by atoms with E-state index in [0.717, 1.165) is 11.5 Å². The van der Waals surface area contributed by atoms with Crippen molar-refractivity contribution in [1.29, 1.82) is 0 Å². The summed E-state index contributed by atoms with van der Waals surface area (Å²) in [4.78, 5) is 0. The molecule has 0 atom stereocenters. The number of hydrogen-bond donors (Lipinski definition) is 0. The topological polar surface area (TPSA) is 55.4 Å². The summed E-state index contributed by atoms with van der Waals surface area (Å²) in [5.41, 5.74) is 12.2. The molecule has 0 spiro atoms. The maximum absolute atomic E-state index is 6.17. The summed E-state index contributed by atoms with van der Waals surface area (Å²) in [5.74, 6) is 1.66. The predicted molar refractivity (Wildman–Crippen MR) is 163 cm³/mol. The van der Waals surface area contributed by atoms with Gasteiger partial charge in [-0.05, 0) is 79.9 Å². The Hall–Kier alpha value is -3.94. The fourth-order valence-corrected chi connectivity index (χ4v) is 6.01. The van der Waals surface area contributed by atoms with Crippen molar-refractivity contribution >= 4 is 11.1 Å². The minimum Gasteiger partial charge on any atom is -0.491 e. The smallest absolute Gasteiger partial charge is 0.120 e. The van der Waals surface area contributed by atoms with Crippen LogP contribution in [0.2, 0.25) is 0 Å². The van der Waals surface area contributed by atoms with E-state index in [1.165, 1.54) is 55.7 Å². The van der Waals surface area contributed by atoms with Crippen LogP contribution in [-0.4, -0.2) is 66.1 Å². The molecular formula is C36H34O6. The molecule has 6 heteroatoms. The highest BCUT2D eigenvalue weighted by Gasteiger charge is 2.32. The lowest BCUT2D eigenvalue weighted by Crippen LogP contribution is -2.14. The van der Waals surface area contributed by atoms with E-state index in [0.29, 0.717) is 66.1 Å². The lowest BCUT2D eigenvalue weighted by Gasteiger charge is -2.14. The third-order valence-corrected chi connectivity index (χ3v) is 7.85. The van der Waals surface area contributed by atoms with E-state index < -0.39 is 0 Å². The maximum Gasteiger partial charge on any atom is 0.120 e. The molecule has 0 unspecified atom stereocenters. The van der Waals surface area contributed by atoms with E-state index in [1.54, 1.807) is 0 Å². The average Bonchev–Trinajstić information content (AvgIpc) is 3.51. The molecule has 0 saturated carbocycles. The molecule has 2 aliphatic carbocycles. The minimum absolute atomic E-state index is 0.465. The van der Waals surface area contributed by atoms with Crippen LogP contribution < -0.4 is 9.47 Å². The molecule has 214 valence electrons. The van der Waals surface area contributed by atoms with Crippen molar-refractivity contribution in [2.24, 2.45) is 0 Å². The summed E-state index contributed by atoms with van der Waals surface area (Å²) in [5, 5.41) is 0. The molecule has 7 rings (SSSR count). The molecule has 4 bridgehead atoms. The monoisotopic (exact) mass is 562 g/mol. The van der Waals surface area contributed by atoms with Gasteiger partial charge in [0.25, 0.3) is 0 Å². The van der Waals surface area contributed by atoms with Crippen LogP contribution in [0.4, 0.5) is 0 Å². The molecule has 4 aromatic carbocycles. The zero-order chi connectivity index (χ0) is 28.1. The Labute approximate surface area is 246 Å². The quantitative estimate of drug-likeness (QED) is 0.211. The van der Waals surface area contributed by atoms with Crippen LogP contribution in [0.25, 0.3) is 33.4 Å². The lowest BCUT2D eigenvalue weighted by molar-refractivity contribution is -0.00699. The van der Waals surface area contributed by atoms with Gasteiger partial charge >= 0.3 is 0 Å². The largest absolute Gasteiger partial charge is 0.491 e. The Bertz CT molecular complexity index is 1490. The first-order chi connectivity index (χ1) is 20.9. The molecule has 4 aromatic rings. The lowest BCUT2D eigenvalue weighted by atomic mass is 9.91. The molecule has 6 nitrogen and oxygen atoms in total. The number of hydrogen-bond acceptors (Lipinski definition) is 6. The van der Waals surface area contributed by atoms with Gasteiger partial charge in [-0.25, -0.2) is 0 Å². The predicted octanol–water partition coefficient (Wildman–Crippen LogP) is 6.49. The molecule has 0 amide bonds. The Morgan fingerprint density at radius 2 is 0.643 bits per heavy atom. The second kappa shape index (κ2) is 12.5. The van der Waals surface area contributed by atoms with E-state index in [1.807, 2.05) is 0 Å². The van der Waals surface area contributed by atoms with Crippen molar-refractivity contribution in [2.75, 3.05) is 66.1 Å². The van der Waals surface area contributed by atoms with Crippen LogP contribution in [0.15, 0.2) is 84.9 Å². The van der Waals surface area contributed by atoms with Gasteiger partial charge in [-0.1, -0.05) is 60.7 Å². The van der Waals surface area contributed by atoms with Gasteiger partial charge in [-0.3, -0.25) is 0 Å². The Morgan fingerprint density at radius 3 is 1.05 bits per heavy atom. The fraction of sp³-hybridized carbons (Fsp3) is 0.278. The molecule has 1 heterocycles. The van der Waals surface area contributed by atoms with Crippen LogP contribution in [-0.2, 0) is 18.9 Å². The van der Waals surface area contributed by atoms with Gasteiger partial charge in [0, 0.05) is 0 Å².